The first kappa shape index (κ1) is 15.1. The van der Waals surface area contributed by atoms with E-state index in [9.17, 15) is 9.59 Å². The van der Waals surface area contributed by atoms with Gasteiger partial charge in [-0.1, -0.05) is 15.9 Å². The number of unbranched alkanes of at least 4 members (excludes halogenated alkanes) is 1. The lowest BCUT2D eigenvalue weighted by Gasteiger charge is -2.10. The number of urea groups is 1. The van der Waals surface area contributed by atoms with Crippen molar-refractivity contribution in [1.29, 1.82) is 0 Å². The van der Waals surface area contributed by atoms with Gasteiger partial charge in [-0.2, -0.15) is 0 Å². The van der Waals surface area contributed by atoms with Crippen molar-refractivity contribution in [2.24, 2.45) is 0 Å². The number of nitrogens with one attached hydrogen (secondary N) is 2. The average Bonchev–Trinajstić information content (AvgIpc) is 2.34. The van der Waals surface area contributed by atoms with Crippen LogP contribution in [0, 0.1) is 12.3 Å². The van der Waals surface area contributed by atoms with Crippen LogP contribution in [0.2, 0.25) is 0 Å². The predicted molar refractivity (Wildman–Crippen MR) is 76.2 cm³/mol. The van der Waals surface area contributed by atoms with E-state index in [2.05, 4.69) is 32.5 Å². The number of halogens is 1. The van der Waals surface area contributed by atoms with Gasteiger partial charge in [-0.05, 0) is 24.6 Å². The number of rotatable bonds is 5. The van der Waals surface area contributed by atoms with Crippen LogP contribution >= 0.6 is 15.9 Å². The Balaban J connectivity index is 2.65. The van der Waals surface area contributed by atoms with E-state index in [1.807, 2.05) is 0 Å². The number of carboxylic acid groups (broad SMARTS) is 1. The van der Waals surface area contributed by atoms with Gasteiger partial charge in [0.05, 0.1) is 11.3 Å². The molecular weight excluding hydrogens is 312 g/mol. The van der Waals surface area contributed by atoms with E-state index in [1.54, 1.807) is 6.07 Å². The normalized spacial score (nSPS) is 9.47. The predicted octanol–water partition coefficient (Wildman–Crippen LogP) is 2.68. The molecule has 0 saturated heterocycles. The van der Waals surface area contributed by atoms with Gasteiger partial charge >= 0.3 is 12.0 Å². The van der Waals surface area contributed by atoms with Crippen LogP contribution < -0.4 is 10.6 Å². The summed E-state index contributed by atoms with van der Waals surface area (Å²) in [7, 11) is 0. The molecule has 0 aliphatic carbocycles. The molecule has 6 heteroatoms. The molecule has 0 radical (unpaired) electrons. The molecule has 0 aliphatic rings. The second-order valence-corrected chi connectivity index (χ2v) is 4.60. The van der Waals surface area contributed by atoms with Crippen molar-refractivity contribution in [2.75, 3.05) is 11.9 Å². The monoisotopic (exact) mass is 324 g/mol. The lowest BCUT2D eigenvalue weighted by atomic mass is 10.2. The molecule has 2 amide bonds. The smallest absolute Gasteiger partial charge is 0.337 e. The summed E-state index contributed by atoms with van der Waals surface area (Å²) < 4.78 is 0.681. The molecule has 0 unspecified atom stereocenters. The molecule has 0 aliphatic heterocycles. The van der Waals surface area contributed by atoms with Crippen LogP contribution in [-0.4, -0.2) is 23.7 Å². The SMILES string of the molecule is C#CCCCNC(=O)Nc1cc(Br)ccc1C(=O)O. The van der Waals surface area contributed by atoms with Gasteiger partial charge in [-0.3, -0.25) is 0 Å². The fourth-order valence-electron chi connectivity index (χ4n) is 1.37. The number of hydrogen-bond acceptors (Lipinski definition) is 2. The molecule has 1 aromatic carbocycles. The largest absolute Gasteiger partial charge is 0.478 e. The minimum absolute atomic E-state index is 0.0296. The molecule has 1 aromatic rings. The zero-order valence-corrected chi connectivity index (χ0v) is 11.7. The molecular formula is C13H13BrN2O3. The molecule has 0 aromatic heterocycles. The summed E-state index contributed by atoms with van der Waals surface area (Å²) in [5.74, 6) is 1.37. The Morgan fingerprint density at radius 1 is 1.42 bits per heavy atom. The second kappa shape index (κ2) is 7.44. The molecule has 0 heterocycles. The van der Waals surface area contributed by atoms with E-state index in [0.29, 0.717) is 23.9 Å². The van der Waals surface area contributed by atoms with Gasteiger partial charge in [-0.25, -0.2) is 9.59 Å². The van der Waals surface area contributed by atoms with Crippen LogP contribution in [0.5, 0.6) is 0 Å². The molecule has 0 atom stereocenters. The Bertz CT molecular complexity index is 523. The molecule has 3 N–H and O–H groups in total. The van der Waals surface area contributed by atoms with Crippen molar-refractivity contribution in [1.82, 2.24) is 5.32 Å². The molecule has 0 saturated carbocycles. The topological polar surface area (TPSA) is 78.4 Å². The number of aromatic carboxylic acids is 1. The van der Waals surface area contributed by atoms with Crippen LogP contribution in [0.1, 0.15) is 23.2 Å². The van der Waals surface area contributed by atoms with Crippen molar-refractivity contribution in [3.05, 3.63) is 28.2 Å². The average molecular weight is 325 g/mol. The van der Waals surface area contributed by atoms with E-state index in [0.717, 1.165) is 0 Å². The molecule has 1 rings (SSSR count). The number of amides is 2. The van der Waals surface area contributed by atoms with Crippen LogP contribution in [0.25, 0.3) is 0 Å². The van der Waals surface area contributed by atoms with Gasteiger partial charge in [-0.15, -0.1) is 12.3 Å². The third kappa shape index (κ3) is 5.02. The lowest BCUT2D eigenvalue weighted by molar-refractivity contribution is 0.0698. The quantitative estimate of drug-likeness (QED) is 0.575. The Morgan fingerprint density at radius 2 is 2.16 bits per heavy atom. The van der Waals surface area contributed by atoms with Crippen molar-refractivity contribution in [3.8, 4) is 12.3 Å². The van der Waals surface area contributed by atoms with Gasteiger partial charge in [0, 0.05) is 17.4 Å². The number of carbonyl (C=O) groups is 2. The van der Waals surface area contributed by atoms with Crippen molar-refractivity contribution >= 4 is 33.6 Å². The summed E-state index contributed by atoms with van der Waals surface area (Å²) in [5.41, 5.74) is 0.262. The number of carbonyl (C=O) groups excluding carboxylic acids is 1. The van der Waals surface area contributed by atoms with E-state index in [1.165, 1.54) is 12.1 Å². The zero-order valence-electron chi connectivity index (χ0n) is 10.1. The Morgan fingerprint density at radius 3 is 2.79 bits per heavy atom. The highest BCUT2D eigenvalue weighted by molar-refractivity contribution is 9.10. The van der Waals surface area contributed by atoms with Crippen LogP contribution in [-0.2, 0) is 0 Å². The standard InChI is InChI=1S/C13H13BrN2O3/c1-2-3-4-7-15-13(19)16-11-8-9(14)5-6-10(11)12(17)18/h1,5-6,8H,3-4,7H2,(H,17,18)(H2,15,16,19). The van der Waals surface area contributed by atoms with Gasteiger partial charge in [0.25, 0.3) is 0 Å². The maximum absolute atomic E-state index is 11.6. The van der Waals surface area contributed by atoms with Crippen LogP contribution in [0.15, 0.2) is 22.7 Å². The third-order valence-electron chi connectivity index (χ3n) is 2.24. The highest BCUT2D eigenvalue weighted by Gasteiger charge is 2.12. The number of benzene rings is 1. The van der Waals surface area contributed by atoms with Crippen LogP contribution in [0.3, 0.4) is 0 Å². The Kier molecular flexibility index (Phi) is 5.90. The Hall–Kier alpha value is -2.00. The van der Waals surface area contributed by atoms with E-state index < -0.39 is 12.0 Å². The Labute approximate surface area is 119 Å². The molecule has 100 valence electrons. The molecule has 19 heavy (non-hydrogen) atoms. The van der Waals surface area contributed by atoms with Gasteiger partial charge < -0.3 is 15.7 Å². The molecule has 0 bridgehead atoms. The van der Waals surface area contributed by atoms with Gasteiger partial charge in [0.1, 0.15) is 0 Å². The number of carboxylic acids is 1. The molecule has 0 fully saturated rings. The highest BCUT2D eigenvalue weighted by atomic mass is 79.9. The number of hydrogen-bond donors (Lipinski definition) is 3. The van der Waals surface area contributed by atoms with E-state index in [4.69, 9.17) is 11.5 Å². The summed E-state index contributed by atoms with van der Waals surface area (Å²) in [4.78, 5) is 22.6. The summed E-state index contributed by atoms with van der Waals surface area (Å²) in [6.45, 7) is 0.437. The summed E-state index contributed by atoms with van der Waals surface area (Å²) in [6, 6.07) is 4.09. The summed E-state index contributed by atoms with van der Waals surface area (Å²) in [5, 5.41) is 14.1. The van der Waals surface area contributed by atoms with E-state index in [-0.39, 0.29) is 11.3 Å². The van der Waals surface area contributed by atoms with Crippen molar-refractivity contribution in [2.45, 2.75) is 12.8 Å². The fourth-order valence-corrected chi connectivity index (χ4v) is 1.73. The second-order valence-electron chi connectivity index (χ2n) is 3.68. The minimum atomic E-state index is -1.10. The first-order valence-electron chi connectivity index (χ1n) is 5.55. The number of terminal acetylenes is 1. The summed E-state index contributed by atoms with van der Waals surface area (Å²) in [6.07, 6.45) is 6.35. The lowest BCUT2D eigenvalue weighted by Crippen LogP contribution is -2.30. The molecule has 0 spiro atoms. The van der Waals surface area contributed by atoms with Crippen molar-refractivity contribution in [3.63, 3.8) is 0 Å². The highest BCUT2D eigenvalue weighted by Crippen LogP contribution is 2.21. The summed E-state index contributed by atoms with van der Waals surface area (Å²) >= 11 is 3.22. The van der Waals surface area contributed by atoms with Gasteiger partial charge in [0.2, 0.25) is 0 Å². The molecule has 5 nitrogen and oxygen atoms in total. The fraction of sp³-hybridized carbons (Fsp3) is 0.231. The van der Waals surface area contributed by atoms with Crippen molar-refractivity contribution < 1.29 is 14.7 Å². The number of anilines is 1. The maximum Gasteiger partial charge on any atom is 0.337 e. The maximum atomic E-state index is 11.6. The first-order chi connectivity index (χ1) is 9.04. The van der Waals surface area contributed by atoms with E-state index >= 15 is 0 Å². The third-order valence-corrected chi connectivity index (χ3v) is 2.74. The van der Waals surface area contributed by atoms with Crippen LogP contribution in [0.4, 0.5) is 10.5 Å². The first-order valence-corrected chi connectivity index (χ1v) is 6.35. The van der Waals surface area contributed by atoms with Gasteiger partial charge in [0.15, 0.2) is 0 Å². The zero-order chi connectivity index (χ0) is 14.3. The minimum Gasteiger partial charge on any atom is -0.478 e.